The topological polar surface area (TPSA) is 88.3 Å². The molecule has 0 saturated carbocycles. The quantitative estimate of drug-likeness (QED) is 0.251. The summed E-state index contributed by atoms with van der Waals surface area (Å²) in [4.78, 5) is 22.3. The molecule has 0 amide bonds. The van der Waals surface area contributed by atoms with Crippen LogP contribution in [0.2, 0.25) is 0 Å². The van der Waals surface area contributed by atoms with Crippen LogP contribution >= 0.6 is 0 Å². The highest BCUT2D eigenvalue weighted by Gasteiger charge is 2.34. The predicted octanol–water partition coefficient (Wildman–Crippen LogP) is 6.32. The molecule has 4 aromatic rings. The van der Waals surface area contributed by atoms with E-state index in [1.165, 1.54) is 0 Å². The van der Waals surface area contributed by atoms with Gasteiger partial charge < -0.3 is 23.9 Å². The van der Waals surface area contributed by atoms with Gasteiger partial charge in [0.05, 0.1) is 19.3 Å². The van der Waals surface area contributed by atoms with Crippen LogP contribution < -0.4 is 4.74 Å². The molecule has 8 nitrogen and oxygen atoms in total. The van der Waals surface area contributed by atoms with Gasteiger partial charge in [-0.25, -0.2) is 4.79 Å². The molecule has 8 heteroatoms. The van der Waals surface area contributed by atoms with E-state index < -0.39 is 5.97 Å². The molecular weight excluding hydrogens is 518 g/mol. The number of benzene rings is 2. The Hall–Kier alpha value is -3.62. The van der Waals surface area contributed by atoms with Gasteiger partial charge in [0.25, 0.3) is 0 Å². The summed E-state index contributed by atoms with van der Waals surface area (Å²) in [5.74, 6) is 0.804. The zero-order chi connectivity index (χ0) is 29.3. The zero-order valence-electron chi connectivity index (χ0n) is 25.0. The second-order valence-corrected chi connectivity index (χ2v) is 12.1. The van der Waals surface area contributed by atoms with Crippen LogP contribution in [-0.4, -0.2) is 72.3 Å². The van der Waals surface area contributed by atoms with Crippen molar-refractivity contribution in [2.24, 2.45) is 5.41 Å². The van der Waals surface area contributed by atoms with E-state index in [9.17, 15) is 9.90 Å². The number of carbonyl (C=O) groups is 1. The summed E-state index contributed by atoms with van der Waals surface area (Å²) in [6, 6.07) is 9.30. The van der Waals surface area contributed by atoms with E-state index in [0.29, 0.717) is 51.0 Å². The highest BCUT2D eigenvalue weighted by Crippen LogP contribution is 2.48. The third-order valence-corrected chi connectivity index (χ3v) is 7.90. The smallest absolute Gasteiger partial charge is 0.342 e. The lowest BCUT2D eigenvalue weighted by atomic mass is 9.89. The van der Waals surface area contributed by atoms with Crippen LogP contribution in [0.25, 0.3) is 21.7 Å². The van der Waals surface area contributed by atoms with Gasteiger partial charge in [0, 0.05) is 60.3 Å². The largest absolute Gasteiger partial charge is 0.507 e. The van der Waals surface area contributed by atoms with Crippen molar-refractivity contribution < 1.29 is 23.8 Å². The lowest BCUT2D eigenvalue weighted by molar-refractivity contribution is 0.0526. The first-order chi connectivity index (χ1) is 19.6. The number of phenolic OH excluding ortho intramolecular Hbond substituents is 1. The maximum absolute atomic E-state index is 13.4. The fraction of sp³-hybridized carbons (Fsp3) is 0.455. The lowest BCUT2D eigenvalue weighted by Gasteiger charge is -2.39. The number of phenols is 1. The van der Waals surface area contributed by atoms with Gasteiger partial charge >= 0.3 is 5.97 Å². The van der Waals surface area contributed by atoms with Gasteiger partial charge in [-0.05, 0) is 68.6 Å². The highest BCUT2D eigenvalue weighted by molar-refractivity contribution is 6.17. The summed E-state index contributed by atoms with van der Waals surface area (Å²) in [5, 5.41) is 14.0. The Morgan fingerprint density at radius 2 is 1.80 bits per heavy atom. The molecule has 218 valence electrons. The number of aromatic hydroxyl groups is 1. The van der Waals surface area contributed by atoms with Crippen molar-refractivity contribution in [3.05, 3.63) is 65.2 Å². The molecule has 0 radical (unpaired) electrons. The Balaban J connectivity index is 1.77. The van der Waals surface area contributed by atoms with E-state index in [0.717, 1.165) is 38.2 Å². The van der Waals surface area contributed by atoms with Crippen LogP contribution in [-0.2, 0) is 4.74 Å². The zero-order valence-corrected chi connectivity index (χ0v) is 25.0. The van der Waals surface area contributed by atoms with Crippen molar-refractivity contribution in [1.29, 1.82) is 0 Å². The molecular formula is C33H41N3O5. The molecule has 2 aromatic heterocycles. The molecule has 1 unspecified atom stereocenters. The van der Waals surface area contributed by atoms with Crippen LogP contribution in [0.5, 0.6) is 11.5 Å². The average molecular weight is 560 g/mol. The molecule has 5 rings (SSSR count). The maximum atomic E-state index is 13.4. The van der Waals surface area contributed by atoms with Crippen LogP contribution in [0.4, 0.5) is 0 Å². The number of ether oxygens (including phenoxy) is 2. The van der Waals surface area contributed by atoms with E-state index in [2.05, 4.69) is 42.6 Å². The van der Waals surface area contributed by atoms with Gasteiger partial charge in [-0.15, -0.1) is 0 Å². The molecule has 1 fully saturated rings. The Bertz CT molecular complexity index is 1530. The minimum atomic E-state index is -0.465. The average Bonchev–Trinajstić information content (AvgIpc) is 3.28. The fourth-order valence-electron chi connectivity index (χ4n) is 5.64. The number of carbonyl (C=O) groups excluding carboxylic acids is 1. The second kappa shape index (κ2) is 11.7. The first-order valence-electron chi connectivity index (χ1n) is 14.4. The third-order valence-electron chi connectivity index (χ3n) is 7.90. The van der Waals surface area contributed by atoms with Crippen molar-refractivity contribution in [2.45, 2.75) is 47.1 Å². The highest BCUT2D eigenvalue weighted by atomic mass is 16.5. The van der Waals surface area contributed by atoms with Gasteiger partial charge in [0.1, 0.15) is 28.4 Å². The van der Waals surface area contributed by atoms with E-state index in [4.69, 9.17) is 13.9 Å². The van der Waals surface area contributed by atoms with Gasteiger partial charge in [-0.1, -0.05) is 20.8 Å². The lowest BCUT2D eigenvalue weighted by Crippen LogP contribution is -2.46. The summed E-state index contributed by atoms with van der Waals surface area (Å²) >= 11 is 0. The number of furan rings is 1. The number of hydrogen-bond acceptors (Lipinski definition) is 8. The number of rotatable bonds is 8. The fourth-order valence-corrected chi connectivity index (χ4v) is 5.64. The van der Waals surface area contributed by atoms with Crippen molar-refractivity contribution in [3.63, 3.8) is 0 Å². The van der Waals surface area contributed by atoms with E-state index in [-0.39, 0.29) is 23.8 Å². The standard InChI is InChI=1S/C33H41N3O5/c1-7-39-32(38)26-21(2)41-31-25-20-23(40-19-12-33(3,4)5)8-9-24(25)30(37)28(27(26)31)29(22-10-13-34-14-11-22)36-17-15-35(6)16-18-36/h8-11,13-14,20,29,37H,7,12,15-19H2,1-6H3. The SMILES string of the molecule is CCOC(=O)c1c(C)oc2c1c(C(c1ccncc1)N1CCN(C)CC1)c(O)c1ccc(OCCC(C)(C)C)cc12. The predicted molar refractivity (Wildman–Crippen MR) is 161 cm³/mol. The second-order valence-electron chi connectivity index (χ2n) is 12.1. The molecule has 1 aliphatic heterocycles. The van der Waals surface area contributed by atoms with Gasteiger partial charge in [0.15, 0.2) is 0 Å². The molecule has 3 heterocycles. The van der Waals surface area contributed by atoms with Crippen LogP contribution in [0.1, 0.15) is 67.4 Å². The van der Waals surface area contributed by atoms with E-state index in [1.807, 2.05) is 30.3 Å². The number of pyridine rings is 1. The molecule has 0 aliphatic carbocycles. The number of esters is 1. The molecule has 2 aromatic carbocycles. The minimum Gasteiger partial charge on any atom is -0.507 e. The van der Waals surface area contributed by atoms with Crippen LogP contribution in [0.3, 0.4) is 0 Å². The van der Waals surface area contributed by atoms with E-state index >= 15 is 0 Å². The molecule has 1 N–H and O–H groups in total. The van der Waals surface area contributed by atoms with E-state index in [1.54, 1.807) is 26.2 Å². The monoisotopic (exact) mass is 559 g/mol. The maximum Gasteiger partial charge on any atom is 0.342 e. The van der Waals surface area contributed by atoms with Crippen molar-refractivity contribution >= 4 is 27.7 Å². The number of nitrogens with zero attached hydrogens (tertiary/aromatic N) is 3. The number of likely N-dealkylation sites (N-methyl/N-ethyl adjacent to an activating group) is 1. The first-order valence-corrected chi connectivity index (χ1v) is 14.4. The number of hydrogen-bond donors (Lipinski definition) is 1. The molecule has 41 heavy (non-hydrogen) atoms. The molecule has 1 saturated heterocycles. The Kier molecular flexibility index (Phi) is 8.25. The number of piperazine rings is 1. The normalized spacial score (nSPS) is 15.9. The van der Waals surface area contributed by atoms with Crippen molar-refractivity contribution in [2.75, 3.05) is 46.4 Å². The Morgan fingerprint density at radius 3 is 2.46 bits per heavy atom. The minimum absolute atomic E-state index is 0.126. The number of aromatic nitrogens is 1. The number of aryl methyl sites for hydroxylation is 1. The summed E-state index contributed by atoms with van der Waals surface area (Å²) in [7, 11) is 2.12. The van der Waals surface area contributed by atoms with Crippen LogP contribution in [0, 0.1) is 12.3 Å². The number of fused-ring (bicyclic) bond motifs is 3. The molecule has 1 aliphatic rings. The molecule has 0 bridgehead atoms. The summed E-state index contributed by atoms with van der Waals surface area (Å²) in [6.45, 7) is 14.3. The Labute approximate surface area is 241 Å². The summed E-state index contributed by atoms with van der Waals surface area (Å²) < 4.78 is 18.0. The van der Waals surface area contributed by atoms with Gasteiger partial charge in [0.2, 0.25) is 0 Å². The van der Waals surface area contributed by atoms with Gasteiger partial charge in [-0.2, -0.15) is 0 Å². The van der Waals surface area contributed by atoms with Gasteiger partial charge in [-0.3, -0.25) is 9.88 Å². The Morgan fingerprint density at radius 1 is 1.10 bits per heavy atom. The first kappa shape index (κ1) is 28.9. The summed E-state index contributed by atoms with van der Waals surface area (Å²) in [5.41, 5.74) is 2.67. The van der Waals surface area contributed by atoms with Crippen molar-refractivity contribution in [3.8, 4) is 11.5 Å². The third kappa shape index (κ3) is 5.90. The molecule has 0 spiro atoms. The van der Waals surface area contributed by atoms with Crippen molar-refractivity contribution in [1.82, 2.24) is 14.8 Å². The molecule has 1 atom stereocenters. The van der Waals surface area contributed by atoms with Crippen LogP contribution in [0.15, 0.2) is 47.1 Å². The summed E-state index contributed by atoms with van der Waals surface area (Å²) in [6.07, 6.45) is 4.43.